The Morgan fingerprint density at radius 2 is 2.18 bits per heavy atom. The maximum atomic E-state index is 9.30. The molecule has 0 aliphatic rings. The smallest absolute Gasteiger partial charge is 0.141 e. The van der Waals surface area contributed by atoms with E-state index >= 15 is 0 Å². The number of fused-ring (bicyclic) bond motifs is 1. The average molecular weight is 213 g/mol. The van der Waals surface area contributed by atoms with Gasteiger partial charge in [-0.3, -0.25) is 0 Å². The molecule has 0 saturated carbocycles. The van der Waals surface area contributed by atoms with Crippen LogP contribution in [0.2, 0.25) is 0 Å². The Labute approximate surface area is 71.4 Å². The molecule has 0 atom stereocenters. The lowest BCUT2D eigenvalue weighted by molar-refractivity contribution is 0.478. The Kier molecular flexibility index (Phi) is 1.35. The number of halogens is 1. The first-order valence-corrected chi connectivity index (χ1v) is 3.89. The lowest BCUT2D eigenvalue weighted by Gasteiger charge is -1.97. The van der Waals surface area contributed by atoms with E-state index in [2.05, 4.69) is 21.0 Å². The number of aromatic hydroxyl groups is 1. The van der Waals surface area contributed by atoms with Crippen LogP contribution in [0.1, 0.15) is 0 Å². The van der Waals surface area contributed by atoms with Gasteiger partial charge in [0.2, 0.25) is 0 Å². The molecule has 0 aliphatic carbocycles. The van der Waals surface area contributed by atoms with Gasteiger partial charge in [-0.2, -0.15) is 5.10 Å². The molecule has 2 heterocycles. The Morgan fingerprint density at radius 3 is 2.91 bits per heavy atom. The molecule has 0 amide bonds. The van der Waals surface area contributed by atoms with Crippen molar-refractivity contribution in [1.82, 2.24) is 9.61 Å². The molecule has 4 heteroatoms. The van der Waals surface area contributed by atoms with Crippen LogP contribution in [0.25, 0.3) is 5.52 Å². The molecule has 56 valence electrons. The maximum absolute atomic E-state index is 9.30. The SMILES string of the molecule is Oc1ccc(Br)n2nccc12. The summed E-state index contributed by atoms with van der Waals surface area (Å²) in [6.07, 6.45) is 1.64. The molecule has 2 aromatic rings. The summed E-state index contributed by atoms with van der Waals surface area (Å²) in [7, 11) is 0. The first kappa shape index (κ1) is 6.67. The van der Waals surface area contributed by atoms with Gasteiger partial charge in [-0.25, -0.2) is 4.52 Å². The van der Waals surface area contributed by atoms with Crippen LogP contribution in [0.5, 0.6) is 5.75 Å². The quantitative estimate of drug-likeness (QED) is 0.677. The van der Waals surface area contributed by atoms with Crippen LogP contribution in [0.3, 0.4) is 0 Å². The fourth-order valence-electron chi connectivity index (χ4n) is 0.971. The Bertz CT molecular complexity index is 360. The summed E-state index contributed by atoms with van der Waals surface area (Å²) in [5.41, 5.74) is 0.708. The standard InChI is InChI=1S/C7H5BrN2O/c8-7-2-1-6(11)5-3-4-9-10(5)7/h1-4,11H. The van der Waals surface area contributed by atoms with Gasteiger partial charge < -0.3 is 5.11 Å². The summed E-state index contributed by atoms with van der Waals surface area (Å²) in [4.78, 5) is 0. The lowest BCUT2D eigenvalue weighted by atomic mass is 10.4. The maximum Gasteiger partial charge on any atom is 0.141 e. The molecule has 1 N–H and O–H groups in total. The molecule has 0 aromatic carbocycles. The number of nitrogens with zero attached hydrogens (tertiary/aromatic N) is 2. The number of pyridine rings is 1. The fraction of sp³-hybridized carbons (Fsp3) is 0. The normalized spacial score (nSPS) is 10.6. The van der Waals surface area contributed by atoms with E-state index in [1.807, 2.05) is 0 Å². The first-order valence-electron chi connectivity index (χ1n) is 3.10. The van der Waals surface area contributed by atoms with Crippen molar-refractivity contribution in [2.24, 2.45) is 0 Å². The van der Waals surface area contributed by atoms with Crippen LogP contribution in [0.15, 0.2) is 29.0 Å². The van der Waals surface area contributed by atoms with Crippen molar-refractivity contribution in [1.29, 1.82) is 0 Å². The molecule has 0 saturated heterocycles. The van der Waals surface area contributed by atoms with Crippen molar-refractivity contribution >= 4 is 21.4 Å². The molecule has 2 rings (SSSR count). The van der Waals surface area contributed by atoms with Crippen LogP contribution >= 0.6 is 15.9 Å². The van der Waals surface area contributed by atoms with Crippen LogP contribution < -0.4 is 0 Å². The molecule has 0 spiro atoms. The van der Waals surface area contributed by atoms with Gasteiger partial charge in [-0.1, -0.05) is 0 Å². The molecule has 0 aliphatic heterocycles. The van der Waals surface area contributed by atoms with Crippen molar-refractivity contribution < 1.29 is 5.11 Å². The zero-order valence-corrected chi connectivity index (χ0v) is 7.12. The average Bonchev–Trinajstić information content (AvgIpc) is 2.45. The lowest BCUT2D eigenvalue weighted by Crippen LogP contribution is -1.87. The highest BCUT2D eigenvalue weighted by Crippen LogP contribution is 2.21. The minimum Gasteiger partial charge on any atom is -0.506 e. The summed E-state index contributed by atoms with van der Waals surface area (Å²) >= 11 is 3.30. The molecular weight excluding hydrogens is 208 g/mol. The highest BCUT2D eigenvalue weighted by molar-refractivity contribution is 9.10. The monoisotopic (exact) mass is 212 g/mol. The fourth-order valence-corrected chi connectivity index (χ4v) is 1.39. The zero-order valence-electron chi connectivity index (χ0n) is 5.53. The predicted molar refractivity (Wildman–Crippen MR) is 44.6 cm³/mol. The molecule has 0 bridgehead atoms. The second-order valence-corrected chi connectivity index (χ2v) is 2.98. The molecular formula is C7H5BrN2O. The van der Waals surface area contributed by atoms with Crippen molar-refractivity contribution in [3.63, 3.8) is 0 Å². The highest BCUT2D eigenvalue weighted by Gasteiger charge is 2.01. The topological polar surface area (TPSA) is 37.5 Å². The van der Waals surface area contributed by atoms with Gasteiger partial charge >= 0.3 is 0 Å². The molecule has 0 fully saturated rings. The van der Waals surface area contributed by atoms with E-state index in [-0.39, 0.29) is 5.75 Å². The largest absolute Gasteiger partial charge is 0.506 e. The third-order valence-electron chi connectivity index (χ3n) is 1.49. The van der Waals surface area contributed by atoms with Crippen molar-refractivity contribution in [2.75, 3.05) is 0 Å². The van der Waals surface area contributed by atoms with Crippen molar-refractivity contribution in [2.45, 2.75) is 0 Å². The Balaban J connectivity index is 2.96. The zero-order chi connectivity index (χ0) is 7.84. The van der Waals surface area contributed by atoms with Gasteiger partial charge in [0.15, 0.2) is 0 Å². The molecule has 2 aromatic heterocycles. The summed E-state index contributed by atoms with van der Waals surface area (Å²) < 4.78 is 2.45. The van der Waals surface area contributed by atoms with E-state index in [0.717, 1.165) is 4.60 Å². The summed E-state index contributed by atoms with van der Waals surface area (Å²) in [6, 6.07) is 5.12. The van der Waals surface area contributed by atoms with E-state index in [4.69, 9.17) is 0 Å². The van der Waals surface area contributed by atoms with Crippen molar-refractivity contribution in [3.8, 4) is 5.75 Å². The van der Waals surface area contributed by atoms with Gasteiger partial charge in [0.1, 0.15) is 15.9 Å². The molecule has 11 heavy (non-hydrogen) atoms. The molecule has 0 unspecified atom stereocenters. The van der Waals surface area contributed by atoms with E-state index in [1.165, 1.54) is 0 Å². The predicted octanol–water partition coefficient (Wildman–Crippen LogP) is 1.80. The first-order chi connectivity index (χ1) is 5.29. The third kappa shape index (κ3) is 0.903. The van der Waals surface area contributed by atoms with E-state index < -0.39 is 0 Å². The van der Waals surface area contributed by atoms with Crippen LogP contribution in [0, 0.1) is 0 Å². The van der Waals surface area contributed by atoms with Crippen molar-refractivity contribution in [3.05, 3.63) is 29.0 Å². The molecule has 3 nitrogen and oxygen atoms in total. The summed E-state index contributed by atoms with van der Waals surface area (Å²) in [5, 5.41) is 13.3. The Morgan fingerprint density at radius 1 is 1.36 bits per heavy atom. The molecule has 0 radical (unpaired) electrons. The second kappa shape index (κ2) is 2.23. The highest BCUT2D eigenvalue weighted by atomic mass is 79.9. The van der Waals surface area contributed by atoms with Gasteiger partial charge in [-0.15, -0.1) is 0 Å². The number of rotatable bonds is 0. The van der Waals surface area contributed by atoms with E-state index in [1.54, 1.807) is 28.9 Å². The van der Waals surface area contributed by atoms with E-state index in [0.29, 0.717) is 5.52 Å². The van der Waals surface area contributed by atoms with Crippen LogP contribution in [-0.2, 0) is 0 Å². The van der Waals surface area contributed by atoms with Crippen LogP contribution in [-0.4, -0.2) is 14.7 Å². The number of hydrogen-bond acceptors (Lipinski definition) is 2. The summed E-state index contributed by atoms with van der Waals surface area (Å²) in [6.45, 7) is 0. The van der Waals surface area contributed by atoms with Gasteiger partial charge in [0.25, 0.3) is 0 Å². The van der Waals surface area contributed by atoms with Gasteiger partial charge in [0.05, 0.1) is 6.20 Å². The Hall–Kier alpha value is -1.03. The van der Waals surface area contributed by atoms with Crippen LogP contribution in [0.4, 0.5) is 0 Å². The second-order valence-electron chi connectivity index (χ2n) is 2.17. The van der Waals surface area contributed by atoms with Gasteiger partial charge in [0, 0.05) is 0 Å². The van der Waals surface area contributed by atoms with E-state index in [9.17, 15) is 5.11 Å². The van der Waals surface area contributed by atoms with Gasteiger partial charge in [-0.05, 0) is 34.1 Å². The number of aromatic nitrogens is 2. The number of hydrogen-bond donors (Lipinski definition) is 1. The summed E-state index contributed by atoms with van der Waals surface area (Å²) in [5.74, 6) is 0.241. The third-order valence-corrected chi connectivity index (χ3v) is 2.09. The minimum absolute atomic E-state index is 0.241. The minimum atomic E-state index is 0.241.